The van der Waals surface area contributed by atoms with Crippen molar-refractivity contribution in [2.45, 2.75) is 69.9 Å². The molecule has 1 aliphatic carbocycles. The fourth-order valence-corrected chi connectivity index (χ4v) is 5.61. The van der Waals surface area contributed by atoms with Crippen molar-refractivity contribution in [3.63, 3.8) is 0 Å². The van der Waals surface area contributed by atoms with Crippen LogP contribution >= 0.6 is 0 Å². The Balaban J connectivity index is 1.54. The number of benzene rings is 2. The average Bonchev–Trinajstić information content (AvgIpc) is 3.48. The van der Waals surface area contributed by atoms with Crippen LogP contribution in [0, 0.1) is 0 Å². The molecule has 0 amide bonds. The molecule has 32 heavy (non-hydrogen) atoms. The molecule has 4 nitrogen and oxygen atoms in total. The number of ether oxygens (including phenoxy) is 1. The summed E-state index contributed by atoms with van der Waals surface area (Å²) in [5.41, 5.74) is 5.41. The molecule has 164 valence electrons. The normalized spacial score (nSPS) is 23.0. The highest BCUT2D eigenvalue weighted by molar-refractivity contribution is 5.75. The summed E-state index contributed by atoms with van der Waals surface area (Å²) < 4.78 is 8.00. The van der Waals surface area contributed by atoms with E-state index in [1.54, 1.807) is 0 Å². The zero-order valence-electron chi connectivity index (χ0n) is 19.4. The topological polar surface area (TPSA) is 43.1 Å². The van der Waals surface area contributed by atoms with Gasteiger partial charge in [-0.3, -0.25) is 4.79 Å². The number of nitrogens with zero attached hydrogens (tertiary/aromatic N) is 2. The molecular formula is C28H31N2O2+. The molecule has 0 spiro atoms. The van der Waals surface area contributed by atoms with Crippen molar-refractivity contribution in [3.05, 3.63) is 83.8 Å². The molecule has 5 rings (SSSR count). The lowest BCUT2D eigenvalue weighted by atomic mass is 9.79. The molecule has 1 unspecified atom stereocenters. The van der Waals surface area contributed by atoms with E-state index < -0.39 is 0 Å². The van der Waals surface area contributed by atoms with Crippen molar-refractivity contribution in [1.82, 2.24) is 4.98 Å². The first-order valence-corrected chi connectivity index (χ1v) is 11.5. The van der Waals surface area contributed by atoms with Crippen molar-refractivity contribution in [2.24, 2.45) is 0 Å². The molecule has 1 aromatic heterocycles. The molecule has 1 saturated carbocycles. The number of esters is 1. The standard InChI is InChI=1S/C28H31N2O2/c1-5-27-18-28(27,16-25(31)32-17-20-11-7-6-8-12-20)30-19-29-24(26(2,3)4)15-23(30)21-13-9-10-14-22(21)27/h6-15,19H,5,16-18H2,1-4H3/q+1/t27?,28-/m0/s1. The first-order chi connectivity index (χ1) is 15.3. The fraction of sp³-hybridized carbons (Fsp3) is 0.393. The number of rotatable bonds is 5. The molecule has 1 fully saturated rings. The molecule has 3 aromatic rings. The van der Waals surface area contributed by atoms with Crippen LogP contribution in [0.1, 0.15) is 63.8 Å². The van der Waals surface area contributed by atoms with Crippen LogP contribution in [-0.4, -0.2) is 11.0 Å². The van der Waals surface area contributed by atoms with Crippen molar-refractivity contribution >= 4 is 5.97 Å². The van der Waals surface area contributed by atoms with E-state index in [1.165, 1.54) is 11.1 Å². The van der Waals surface area contributed by atoms with Gasteiger partial charge in [0.15, 0.2) is 5.69 Å². The summed E-state index contributed by atoms with van der Waals surface area (Å²) in [7, 11) is 0. The molecule has 2 atom stereocenters. The predicted octanol–water partition coefficient (Wildman–Crippen LogP) is 5.23. The Labute approximate surface area is 190 Å². The molecule has 0 radical (unpaired) electrons. The molecule has 2 aliphatic rings. The summed E-state index contributed by atoms with van der Waals surface area (Å²) in [6.07, 6.45) is 4.23. The van der Waals surface area contributed by atoms with E-state index in [0.29, 0.717) is 13.0 Å². The quantitative estimate of drug-likeness (QED) is 0.414. The van der Waals surface area contributed by atoms with Gasteiger partial charge >= 0.3 is 5.97 Å². The van der Waals surface area contributed by atoms with E-state index in [0.717, 1.165) is 29.8 Å². The Morgan fingerprint density at radius 3 is 2.53 bits per heavy atom. The predicted molar refractivity (Wildman–Crippen MR) is 124 cm³/mol. The van der Waals surface area contributed by atoms with E-state index in [-0.39, 0.29) is 22.3 Å². The van der Waals surface area contributed by atoms with Crippen LogP contribution < -0.4 is 4.57 Å². The summed E-state index contributed by atoms with van der Waals surface area (Å²) in [6, 6.07) is 20.8. The second-order valence-corrected chi connectivity index (χ2v) is 10.3. The zero-order chi connectivity index (χ0) is 22.6. The summed E-state index contributed by atoms with van der Waals surface area (Å²) in [6.45, 7) is 9.10. The summed E-state index contributed by atoms with van der Waals surface area (Å²) in [5.74, 6) is -0.151. The van der Waals surface area contributed by atoms with E-state index >= 15 is 0 Å². The Kier molecular flexibility index (Phi) is 4.74. The van der Waals surface area contributed by atoms with Crippen molar-refractivity contribution in [3.8, 4) is 11.3 Å². The minimum Gasteiger partial charge on any atom is -0.461 e. The molecular weight excluding hydrogens is 396 g/mol. The van der Waals surface area contributed by atoms with Gasteiger partial charge in [-0.1, -0.05) is 87.3 Å². The van der Waals surface area contributed by atoms with Crippen LogP contribution in [-0.2, 0) is 32.5 Å². The van der Waals surface area contributed by atoms with Crippen molar-refractivity contribution < 1.29 is 14.1 Å². The van der Waals surface area contributed by atoms with Gasteiger partial charge in [-0.25, -0.2) is 4.57 Å². The number of carbonyl (C=O) groups excluding carboxylic acids is 1. The Morgan fingerprint density at radius 2 is 1.81 bits per heavy atom. The molecule has 1 aliphatic heterocycles. The minimum atomic E-state index is -0.317. The highest BCUT2D eigenvalue weighted by Crippen LogP contribution is 2.67. The van der Waals surface area contributed by atoms with Crippen molar-refractivity contribution in [1.29, 1.82) is 0 Å². The number of aromatic nitrogens is 2. The lowest BCUT2D eigenvalue weighted by Gasteiger charge is -2.31. The van der Waals surface area contributed by atoms with E-state index in [4.69, 9.17) is 9.72 Å². The second kappa shape index (κ2) is 7.26. The largest absolute Gasteiger partial charge is 0.461 e. The van der Waals surface area contributed by atoms with Crippen LogP contribution in [0.25, 0.3) is 11.3 Å². The Hall–Kier alpha value is -3.01. The van der Waals surface area contributed by atoms with Gasteiger partial charge < -0.3 is 4.74 Å². The van der Waals surface area contributed by atoms with E-state index in [2.05, 4.69) is 62.6 Å². The first kappa shape index (κ1) is 20.9. The SMILES string of the molecule is CCC12C[C@]1(CC(=O)OCc1ccccc1)[n+]1cnc(C(C)(C)C)cc1-c1ccccc12. The van der Waals surface area contributed by atoms with Gasteiger partial charge in [-0.05, 0) is 17.5 Å². The van der Waals surface area contributed by atoms with Gasteiger partial charge in [-0.2, -0.15) is 0 Å². The highest BCUT2D eigenvalue weighted by atomic mass is 16.5. The maximum absolute atomic E-state index is 13.1. The number of hydrogen-bond donors (Lipinski definition) is 0. The molecule has 2 heterocycles. The smallest absolute Gasteiger partial charge is 0.310 e. The second-order valence-electron chi connectivity index (χ2n) is 10.3. The van der Waals surface area contributed by atoms with Crippen LogP contribution in [0.15, 0.2) is 67.0 Å². The van der Waals surface area contributed by atoms with Crippen LogP contribution in [0.4, 0.5) is 0 Å². The van der Waals surface area contributed by atoms with Gasteiger partial charge in [0.1, 0.15) is 17.8 Å². The number of fused-ring (bicyclic) bond motifs is 6. The third kappa shape index (κ3) is 3.08. The summed E-state index contributed by atoms with van der Waals surface area (Å²) in [4.78, 5) is 17.9. The minimum absolute atomic E-state index is 0.0465. The van der Waals surface area contributed by atoms with E-state index in [9.17, 15) is 4.79 Å². The third-order valence-electron chi connectivity index (χ3n) is 7.44. The van der Waals surface area contributed by atoms with Crippen LogP contribution in [0.5, 0.6) is 0 Å². The van der Waals surface area contributed by atoms with Gasteiger partial charge in [0.25, 0.3) is 6.33 Å². The number of hydrogen-bond acceptors (Lipinski definition) is 3. The number of carbonyl (C=O) groups is 1. The molecule has 0 saturated heterocycles. The van der Waals surface area contributed by atoms with Gasteiger partial charge in [-0.15, -0.1) is 0 Å². The van der Waals surface area contributed by atoms with Gasteiger partial charge in [0.05, 0.1) is 6.42 Å². The molecule has 0 N–H and O–H groups in total. The van der Waals surface area contributed by atoms with Crippen molar-refractivity contribution in [2.75, 3.05) is 0 Å². The first-order valence-electron chi connectivity index (χ1n) is 11.5. The molecule has 2 aromatic carbocycles. The maximum atomic E-state index is 13.1. The fourth-order valence-electron chi connectivity index (χ4n) is 5.61. The van der Waals surface area contributed by atoms with Crippen LogP contribution in [0.2, 0.25) is 0 Å². The molecule has 0 bridgehead atoms. The summed E-state index contributed by atoms with van der Waals surface area (Å²) >= 11 is 0. The van der Waals surface area contributed by atoms with E-state index in [1.807, 2.05) is 36.7 Å². The molecule has 4 heteroatoms. The van der Waals surface area contributed by atoms with Gasteiger partial charge in [0.2, 0.25) is 0 Å². The summed E-state index contributed by atoms with van der Waals surface area (Å²) in [5, 5.41) is 0. The zero-order valence-corrected chi connectivity index (χ0v) is 19.4. The van der Waals surface area contributed by atoms with Gasteiger partial charge in [0, 0.05) is 28.9 Å². The third-order valence-corrected chi connectivity index (χ3v) is 7.44. The lowest BCUT2D eigenvalue weighted by molar-refractivity contribution is -0.737. The monoisotopic (exact) mass is 427 g/mol. The highest BCUT2D eigenvalue weighted by Gasteiger charge is 2.75. The Bertz CT molecular complexity index is 1180. The maximum Gasteiger partial charge on any atom is 0.310 e. The lowest BCUT2D eigenvalue weighted by Crippen LogP contribution is -2.56. The average molecular weight is 428 g/mol. The van der Waals surface area contributed by atoms with Crippen LogP contribution in [0.3, 0.4) is 0 Å². The Morgan fingerprint density at radius 1 is 1.09 bits per heavy atom.